The molecule has 0 aliphatic rings. The lowest BCUT2D eigenvalue weighted by Gasteiger charge is -2.15. The molecule has 2 nitrogen and oxygen atoms in total. The molecule has 2 N–H and O–H groups in total. The molecule has 2 aromatic rings. The van der Waals surface area contributed by atoms with Crippen molar-refractivity contribution in [3.8, 4) is 22.6 Å². The molecule has 0 unspecified atom stereocenters. The van der Waals surface area contributed by atoms with Gasteiger partial charge in [0.2, 0.25) is 0 Å². The molecule has 0 bridgehead atoms. The number of benzene rings is 2. The van der Waals surface area contributed by atoms with Crippen molar-refractivity contribution in [3.63, 3.8) is 0 Å². The zero-order chi connectivity index (χ0) is 14.2. The van der Waals surface area contributed by atoms with E-state index in [4.69, 9.17) is 0 Å². The van der Waals surface area contributed by atoms with Crippen LogP contribution < -0.4 is 0 Å². The highest BCUT2D eigenvalue weighted by Gasteiger charge is 2.39. The van der Waals surface area contributed by atoms with Gasteiger partial charge < -0.3 is 10.2 Å². The van der Waals surface area contributed by atoms with Gasteiger partial charge in [-0.2, -0.15) is 13.2 Å². The Kier molecular flexibility index (Phi) is 3.62. The molecule has 0 amide bonds. The maximum absolute atomic E-state index is 12.7. The van der Waals surface area contributed by atoms with Crippen LogP contribution in [-0.4, -0.2) is 10.2 Å². The quantitative estimate of drug-likeness (QED) is 0.721. The fraction of sp³-hybridized carbons (Fsp3) is 0.0769. The number of halogens is 4. The van der Waals surface area contributed by atoms with Gasteiger partial charge >= 0.3 is 6.18 Å². The minimum absolute atomic E-state index is 0.0499. The summed E-state index contributed by atoms with van der Waals surface area (Å²) in [6.45, 7) is 0. The average Bonchev–Trinajstić information content (AvgIpc) is 2.33. The molecular weight excluding hydrogens is 372 g/mol. The van der Waals surface area contributed by atoms with Crippen LogP contribution in [0.2, 0.25) is 0 Å². The van der Waals surface area contributed by atoms with Crippen molar-refractivity contribution in [2.45, 2.75) is 6.18 Å². The first-order valence-corrected chi connectivity index (χ1v) is 6.27. The van der Waals surface area contributed by atoms with E-state index >= 15 is 0 Å². The maximum Gasteiger partial charge on any atom is 0.423 e. The summed E-state index contributed by atoms with van der Waals surface area (Å²) in [5.74, 6) is -1.93. The minimum Gasteiger partial charge on any atom is -0.507 e. The zero-order valence-electron chi connectivity index (χ0n) is 9.37. The lowest BCUT2D eigenvalue weighted by atomic mass is 10.0. The second-order valence-electron chi connectivity index (χ2n) is 3.84. The molecular formula is C13H8F3IO2. The van der Waals surface area contributed by atoms with Gasteiger partial charge in [0.1, 0.15) is 17.1 Å². The Balaban J connectivity index is 2.69. The summed E-state index contributed by atoms with van der Waals surface area (Å²) in [4.78, 5) is 0. The van der Waals surface area contributed by atoms with Crippen molar-refractivity contribution in [2.75, 3.05) is 0 Å². The monoisotopic (exact) mass is 380 g/mol. The highest BCUT2D eigenvalue weighted by Crippen LogP contribution is 2.46. The Morgan fingerprint density at radius 1 is 1.00 bits per heavy atom. The van der Waals surface area contributed by atoms with Gasteiger partial charge in [0.25, 0.3) is 0 Å². The van der Waals surface area contributed by atoms with E-state index in [1.165, 1.54) is 0 Å². The highest BCUT2D eigenvalue weighted by atomic mass is 127. The molecule has 0 saturated heterocycles. The van der Waals surface area contributed by atoms with Gasteiger partial charge in [-0.15, -0.1) is 0 Å². The first kappa shape index (κ1) is 14.0. The van der Waals surface area contributed by atoms with Crippen LogP contribution in [0.15, 0.2) is 36.4 Å². The van der Waals surface area contributed by atoms with Crippen LogP contribution in [0.5, 0.6) is 11.5 Å². The SMILES string of the molecule is Oc1cc(-c2ccccc2)c(I)c(O)c1C(F)(F)F. The van der Waals surface area contributed by atoms with Crippen molar-refractivity contribution >= 4 is 22.6 Å². The van der Waals surface area contributed by atoms with E-state index in [-0.39, 0.29) is 3.57 Å². The molecule has 19 heavy (non-hydrogen) atoms. The highest BCUT2D eigenvalue weighted by molar-refractivity contribution is 14.1. The predicted octanol–water partition coefficient (Wildman–Crippen LogP) is 4.39. The average molecular weight is 380 g/mol. The third-order valence-electron chi connectivity index (χ3n) is 2.59. The van der Waals surface area contributed by atoms with E-state index in [1.807, 2.05) is 0 Å². The molecule has 0 fully saturated rings. The van der Waals surface area contributed by atoms with Crippen molar-refractivity contribution in [1.29, 1.82) is 0 Å². The molecule has 2 rings (SSSR count). The van der Waals surface area contributed by atoms with Gasteiger partial charge in [-0.1, -0.05) is 30.3 Å². The second-order valence-corrected chi connectivity index (χ2v) is 4.92. The lowest BCUT2D eigenvalue weighted by molar-refractivity contribution is -0.140. The topological polar surface area (TPSA) is 40.5 Å². The van der Waals surface area contributed by atoms with E-state index in [0.717, 1.165) is 6.07 Å². The van der Waals surface area contributed by atoms with Crippen LogP contribution in [-0.2, 0) is 6.18 Å². The zero-order valence-corrected chi connectivity index (χ0v) is 11.5. The summed E-state index contributed by atoms with van der Waals surface area (Å²) in [5, 5.41) is 19.2. The number of hydrogen-bond donors (Lipinski definition) is 2. The van der Waals surface area contributed by atoms with Crippen LogP contribution in [0.4, 0.5) is 13.2 Å². The Bertz CT molecular complexity index is 610. The summed E-state index contributed by atoms with van der Waals surface area (Å²) in [5.41, 5.74) is -0.438. The fourth-order valence-electron chi connectivity index (χ4n) is 1.74. The molecule has 0 spiro atoms. The number of hydrogen-bond acceptors (Lipinski definition) is 2. The molecule has 0 saturated carbocycles. The van der Waals surface area contributed by atoms with Crippen LogP contribution in [0.1, 0.15) is 5.56 Å². The van der Waals surface area contributed by atoms with Gasteiger partial charge in [0, 0.05) is 5.56 Å². The standard InChI is InChI=1S/C13H8F3IO2/c14-13(15,16)10-9(18)6-8(11(17)12(10)19)7-4-2-1-3-5-7/h1-6,18-19H. The molecule has 0 radical (unpaired) electrons. The molecule has 0 aliphatic carbocycles. The Morgan fingerprint density at radius 3 is 2.11 bits per heavy atom. The van der Waals surface area contributed by atoms with Gasteiger partial charge in [-0.05, 0) is 34.2 Å². The fourth-order valence-corrected chi connectivity index (χ4v) is 2.47. The second kappa shape index (κ2) is 4.92. The molecule has 0 atom stereocenters. The Labute approximate surface area is 120 Å². The third kappa shape index (κ3) is 2.63. The van der Waals surface area contributed by atoms with E-state index in [0.29, 0.717) is 11.1 Å². The summed E-state index contributed by atoms with van der Waals surface area (Å²) < 4.78 is 38.2. The summed E-state index contributed by atoms with van der Waals surface area (Å²) >= 11 is 1.63. The third-order valence-corrected chi connectivity index (χ3v) is 3.68. The Morgan fingerprint density at radius 2 is 1.58 bits per heavy atom. The molecule has 0 aromatic heterocycles. The first-order valence-electron chi connectivity index (χ1n) is 5.19. The van der Waals surface area contributed by atoms with E-state index in [9.17, 15) is 23.4 Å². The summed E-state index contributed by atoms with van der Waals surface area (Å²) in [6.07, 6.45) is -4.80. The van der Waals surface area contributed by atoms with Crippen molar-refractivity contribution in [1.82, 2.24) is 0 Å². The maximum atomic E-state index is 12.7. The largest absolute Gasteiger partial charge is 0.507 e. The molecule has 0 heterocycles. The van der Waals surface area contributed by atoms with E-state index in [1.54, 1.807) is 52.9 Å². The van der Waals surface area contributed by atoms with Crippen molar-refractivity contribution in [2.24, 2.45) is 0 Å². The van der Waals surface area contributed by atoms with Crippen LogP contribution in [0, 0.1) is 3.57 Å². The van der Waals surface area contributed by atoms with Gasteiger partial charge in [0.15, 0.2) is 0 Å². The van der Waals surface area contributed by atoms with Gasteiger partial charge in [-0.25, -0.2) is 0 Å². The Hall–Kier alpha value is -1.44. The summed E-state index contributed by atoms with van der Waals surface area (Å²) in [6, 6.07) is 9.58. The first-order chi connectivity index (χ1) is 8.82. The molecule has 100 valence electrons. The number of alkyl halides is 3. The number of aromatic hydroxyl groups is 2. The van der Waals surface area contributed by atoms with Crippen LogP contribution >= 0.6 is 22.6 Å². The van der Waals surface area contributed by atoms with Crippen molar-refractivity contribution < 1.29 is 23.4 Å². The normalized spacial score (nSPS) is 11.6. The number of rotatable bonds is 1. The summed E-state index contributed by atoms with van der Waals surface area (Å²) in [7, 11) is 0. The molecule has 6 heteroatoms. The number of phenols is 2. The smallest absolute Gasteiger partial charge is 0.423 e. The van der Waals surface area contributed by atoms with Crippen molar-refractivity contribution in [3.05, 3.63) is 45.5 Å². The lowest BCUT2D eigenvalue weighted by Crippen LogP contribution is -2.07. The van der Waals surface area contributed by atoms with E-state index in [2.05, 4.69) is 0 Å². The molecule has 2 aromatic carbocycles. The predicted molar refractivity (Wildman–Crippen MR) is 72.9 cm³/mol. The van der Waals surface area contributed by atoms with Crippen LogP contribution in [0.3, 0.4) is 0 Å². The van der Waals surface area contributed by atoms with Gasteiger partial charge in [0.05, 0.1) is 3.57 Å². The van der Waals surface area contributed by atoms with Crippen LogP contribution in [0.25, 0.3) is 11.1 Å². The number of phenolic OH excluding ortho intramolecular Hbond substituents is 2. The molecule has 0 aliphatic heterocycles. The van der Waals surface area contributed by atoms with E-state index < -0.39 is 23.2 Å². The minimum atomic E-state index is -4.80. The van der Waals surface area contributed by atoms with Gasteiger partial charge in [-0.3, -0.25) is 0 Å².